The molecule has 222 valence electrons. The van der Waals surface area contributed by atoms with Crippen LogP contribution in [-0.2, 0) is 17.6 Å². The van der Waals surface area contributed by atoms with Gasteiger partial charge in [0, 0.05) is 61.7 Å². The van der Waals surface area contributed by atoms with E-state index in [1.807, 2.05) is 64.5 Å². The van der Waals surface area contributed by atoms with E-state index in [0.717, 1.165) is 68.7 Å². The summed E-state index contributed by atoms with van der Waals surface area (Å²) in [5.41, 5.74) is 4.13. The number of amides is 2. The molecule has 0 spiro atoms. The van der Waals surface area contributed by atoms with Gasteiger partial charge in [0.15, 0.2) is 0 Å². The maximum Gasteiger partial charge on any atom is 0.253 e. The minimum atomic E-state index is 0.0513. The Morgan fingerprint density at radius 2 is 1.67 bits per heavy atom. The zero-order chi connectivity index (χ0) is 29.1. The van der Waals surface area contributed by atoms with Gasteiger partial charge in [-0.2, -0.15) is 0 Å². The van der Waals surface area contributed by atoms with Crippen molar-refractivity contribution in [3.8, 4) is 5.75 Å². The number of rotatable bonds is 13. The standard InChI is InChI=1S/C35H44N4O3/c1-37(24-19-30-11-6-7-22-36-30)23-8-2-3-9-27-42-32-16-13-29(14-17-32)35(41)38-25-20-31(21-26-38)39-33-12-5-4-10-28(33)15-18-34(39)40/h4-7,10-14,16-17,22,31H,2-3,8-9,15,18-21,23-27H2,1H3. The number of carbonyl (C=O) groups excluding carboxylic acids is 2. The fourth-order valence-corrected chi connectivity index (χ4v) is 6.05. The summed E-state index contributed by atoms with van der Waals surface area (Å²) in [5.74, 6) is 1.06. The van der Waals surface area contributed by atoms with E-state index >= 15 is 0 Å². The second kappa shape index (κ2) is 15.0. The van der Waals surface area contributed by atoms with Crippen LogP contribution in [-0.4, -0.2) is 72.5 Å². The highest BCUT2D eigenvalue weighted by Gasteiger charge is 2.33. The van der Waals surface area contributed by atoms with Gasteiger partial charge in [-0.25, -0.2) is 0 Å². The molecule has 5 rings (SSSR count). The molecule has 3 heterocycles. The molecule has 2 aliphatic heterocycles. The van der Waals surface area contributed by atoms with Crippen molar-refractivity contribution in [1.29, 1.82) is 0 Å². The highest BCUT2D eigenvalue weighted by Crippen LogP contribution is 2.32. The summed E-state index contributed by atoms with van der Waals surface area (Å²) in [5, 5.41) is 0. The number of likely N-dealkylation sites (N-methyl/N-ethyl adjacent to an activating group) is 1. The third kappa shape index (κ3) is 7.97. The van der Waals surface area contributed by atoms with E-state index in [1.54, 1.807) is 0 Å². The van der Waals surface area contributed by atoms with Crippen molar-refractivity contribution in [2.45, 2.75) is 63.8 Å². The van der Waals surface area contributed by atoms with Crippen LogP contribution in [0.4, 0.5) is 5.69 Å². The first kappa shape index (κ1) is 29.8. The molecule has 0 bridgehead atoms. The Labute approximate surface area is 250 Å². The van der Waals surface area contributed by atoms with Gasteiger partial charge in [0.25, 0.3) is 5.91 Å². The number of benzene rings is 2. The van der Waals surface area contributed by atoms with Crippen molar-refractivity contribution in [1.82, 2.24) is 14.8 Å². The Bertz CT molecular complexity index is 1290. The highest BCUT2D eigenvalue weighted by atomic mass is 16.5. The van der Waals surface area contributed by atoms with Gasteiger partial charge in [-0.3, -0.25) is 14.6 Å². The number of likely N-dealkylation sites (tertiary alicyclic amines) is 1. The van der Waals surface area contributed by atoms with Gasteiger partial charge in [-0.05, 0) is 93.7 Å². The molecular formula is C35H44N4O3. The van der Waals surface area contributed by atoms with Crippen LogP contribution < -0.4 is 9.64 Å². The van der Waals surface area contributed by atoms with Crippen LogP contribution in [0.3, 0.4) is 0 Å². The first-order chi connectivity index (χ1) is 20.6. The summed E-state index contributed by atoms with van der Waals surface area (Å²) in [6, 6.07) is 22.0. The predicted octanol–water partition coefficient (Wildman–Crippen LogP) is 5.78. The first-order valence-corrected chi connectivity index (χ1v) is 15.6. The Hall–Kier alpha value is -3.71. The molecule has 0 N–H and O–H groups in total. The Kier molecular flexibility index (Phi) is 10.6. The van der Waals surface area contributed by atoms with Crippen LogP contribution in [0.1, 0.15) is 66.6 Å². The Morgan fingerprint density at radius 1 is 0.905 bits per heavy atom. The summed E-state index contributed by atoms with van der Waals surface area (Å²) < 4.78 is 5.94. The fraction of sp³-hybridized carbons (Fsp3) is 0.457. The first-order valence-electron chi connectivity index (χ1n) is 15.6. The van der Waals surface area contributed by atoms with Crippen molar-refractivity contribution in [2.75, 3.05) is 44.7 Å². The number of aromatic nitrogens is 1. The quantitative estimate of drug-likeness (QED) is 0.245. The molecule has 0 radical (unpaired) electrons. The van der Waals surface area contributed by atoms with Crippen LogP contribution in [0.5, 0.6) is 5.75 Å². The van der Waals surface area contributed by atoms with Crippen LogP contribution in [0.15, 0.2) is 72.9 Å². The smallest absolute Gasteiger partial charge is 0.253 e. The highest BCUT2D eigenvalue weighted by molar-refractivity contribution is 5.97. The largest absolute Gasteiger partial charge is 0.494 e. The number of hydrogen-bond donors (Lipinski definition) is 0. The maximum atomic E-state index is 13.2. The lowest BCUT2D eigenvalue weighted by atomic mass is 9.95. The molecule has 0 aliphatic carbocycles. The van der Waals surface area contributed by atoms with Gasteiger partial charge < -0.3 is 19.4 Å². The summed E-state index contributed by atoms with van der Waals surface area (Å²) in [7, 11) is 2.18. The number of carbonyl (C=O) groups is 2. The summed E-state index contributed by atoms with van der Waals surface area (Å²) in [6.07, 6.45) is 10.4. The van der Waals surface area contributed by atoms with Crippen molar-refractivity contribution < 1.29 is 14.3 Å². The molecule has 7 nitrogen and oxygen atoms in total. The van der Waals surface area contributed by atoms with Crippen molar-refractivity contribution in [3.05, 3.63) is 89.7 Å². The van der Waals surface area contributed by atoms with Crippen LogP contribution in [0.25, 0.3) is 0 Å². The molecule has 1 aromatic heterocycles. The fourth-order valence-electron chi connectivity index (χ4n) is 6.05. The number of ether oxygens (including phenoxy) is 1. The molecule has 42 heavy (non-hydrogen) atoms. The molecule has 1 fully saturated rings. The molecule has 2 aliphatic rings. The van der Waals surface area contributed by atoms with E-state index in [4.69, 9.17) is 4.74 Å². The summed E-state index contributed by atoms with van der Waals surface area (Å²) in [4.78, 5) is 36.7. The minimum absolute atomic E-state index is 0.0513. The molecule has 0 atom stereocenters. The average molecular weight is 569 g/mol. The van der Waals surface area contributed by atoms with Gasteiger partial charge in [-0.1, -0.05) is 37.1 Å². The number of nitrogens with zero attached hydrogens (tertiary/aromatic N) is 4. The monoisotopic (exact) mass is 568 g/mol. The van der Waals surface area contributed by atoms with Gasteiger partial charge in [0.05, 0.1) is 6.61 Å². The number of anilines is 1. The molecule has 2 amide bonds. The number of pyridine rings is 1. The zero-order valence-corrected chi connectivity index (χ0v) is 24.9. The lowest BCUT2D eigenvalue weighted by Crippen LogP contribution is -2.50. The lowest BCUT2D eigenvalue weighted by Gasteiger charge is -2.41. The van der Waals surface area contributed by atoms with Crippen molar-refractivity contribution >= 4 is 17.5 Å². The Balaban J connectivity index is 0.970. The topological polar surface area (TPSA) is 66.0 Å². The Morgan fingerprint density at radius 3 is 2.45 bits per heavy atom. The van der Waals surface area contributed by atoms with Gasteiger partial charge >= 0.3 is 0 Å². The van der Waals surface area contributed by atoms with E-state index in [-0.39, 0.29) is 17.9 Å². The van der Waals surface area contributed by atoms with E-state index < -0.39 is 0 Å². The maximum absolute atomic E-state index is 13.2. The van der Waals surface area contributed by atoms with Crippen molar-refractivity contribution in [2.24, 2.45) is 0 Å². The van der Waals surface area contributed by atoms with E-state index in [0.29, 0.717) is 31.7 Å². The molecule has 1 saturated heterocycles. The van der Waals surface area contributed by atoms with Crippen LogP contribution >= 0.6 is 0 Å². The molecule has 0 saturated carbocycles. The van der Waals surface area contributed by atoms with E-state index in [1.165, 1.54) is 18.4 Å². The molecule has 7 heteroatoms. The van der Waals surface area contributed by atoms with Gasteiger partial charge in [0.1, 0.15) is 5.75 Å². The van der Waals surface area contributed by atoms with Gasteiger partial charge in [-0.15, -0.1) is 0 Å². The third-order valence-electron chi connectivity index (χ3n) is 8.52. The average Bonchev–Trinajstić information content (AvgIpc) is 3.04. The number of fused-ring (bicyclic) bond motifs is 1. The van der Waals surface area contributed by atoms with Crippen molar-refractivity contribution in [3.63, 3.8) is 0 Å². The van der Waals surface area contributed by atoms with E-state index in [2.05, 4.69) is 35.1 Å². The van der Waals surface area contributed by atoms with Crippen LogP contribution in [0.2, 0.25) is 0 Å². The summed E-state index contributed by atoms with van der Waals surface area (Å²) in [6.45, 7) is 4.15. The molecular weight excluding hydrogens is 524 g/mol. The van der Waals surface area contributed by atoms with E-state index in [9.17, 15) is 9.59 Å². The molecule has 0 unspecified atom stereocenters. The second-order valence-corrected chi connectivity index (χ2v) is 11.6. The van der Waals surface area contributed by atoms with Gasteiger partial charge in [0.2, 0.25) is 5.91 Å². The SMILES string of the molecule is CN(CCCCCCOc1ccc(C(=O)N2CCC(N3C(=O)CCc4ccccc43)CC2)cc1)CCc1ccccn1. The number of aryl methyl sites for hydroxylation is 1. The number of unbranched alkanes of at least 4 members (excludes halogenated alkanes) is 3. The number of para-hydroxylation sites is 1. The minimum Gasteiger partial charge on any atom is -0.494 e. The predicted molar refractivity (Wildman–Crippen MR) is 167 cm³/mol. The normalized spacial score (nSPS) is 15.6. The third-order valence-corrected chi connectivity index (χ3v) is 8.52. The number of hydrogen-bond acceptors (Lipinski definition) is 5. The number of piperidine rings is 1. The summed E-state index contributed by atoms with van der Waals surface area (Å²) >= 11 is 0. The zero-order valence-electron chi connectivity index (χ0n) is 24.9. The molecule has 2 aromatic carbocycles. The molecule has 3 aromatic rings. The lowest BCUT2D eigenvalue weighted by molar-refractivity contribution is -0.119. The second-order valence-electron chi connectivity index (χ2n) is 11.6. The van der Waals surface area contributed by atoms with Crippen LogP contribution in [0, 0.1) is 0 Å².